The number of morpholine rings is 1. The Morgan fingerprint density at radius 1 is 1.22 bits per heavy atom. The second kappa shape index (κ2) is 11.1. The molecule has 0 unspecified atom stereocenters. The van der Waals surface area contributed by atoms with Gasteiger partial charge in [0.1, 0.15) is 11.3 Å². The topological polar surface area (TPSA) is 45.7 Å². The van der Waals surface area contributed by atoms with E-state index in [9.17, 15) is 13.6 Å². The first-order valence-corrected chi connectivity index (χ1v) is 11.2. The maximum atomic E-state index is 14.2. The number of benzene rings is 2. The molecule has 9 heteroatoms. The summed E-state index contributed by atoms with van der Waals surface area (Å²) in [6.07, 6.45) is 0.984. The van der Waals surface area contributed by atoms with Crippen LogP contribution >= 0.6 is 23.7 Å². The first-order valence-electron chi connectivity index (χ1n) is 10.4. The normalized spacial score (nSPS) is 14.3. The van der Waals surface area contributed by atoms with Crippen molar-refractivity contribution >= 4 is 45.0 Å². The average molecular weight is 482 g/mol. The molecule has 1 saturated heterocycles. The minimum atomic E-state index is -0.711. The number of ether oxygens (including phenoxy) is 1. The molecule has 2 heterocycles. The van der Waals surface area contributed by atoms with Crippen LogP contribution in [0.4, 0.5) is 13.9 Å². The number of amides is 1. The Bertz CT molecular complexity index is 1070. The summed E-state index contributed by atoms with van der Waals surface area (Å²) in [7, 11) is 0. The van der Waals surface area contributed by atoms with E-state index in [-0.39, 0.29) is 30.3 Å². The number of halogens is 3. The summed E-state index contributed by atoms with van der Waals surface area (Å²) < 4.78 is 33.6. The number of anilines is 1. The van der Waals surface area contributed by atoms with Crippen molar-refractivity contribution < 1.29 is 18.3 Å². The molecule has 4 rings (SSSR count). The maximum Gasteiger partial charge on any atom is 0.233 e. The second-order valence-corrected chi connectivity index (χ2v) is 8.76. The molecular weight excluding hydrogens is 456 g/mol. The van der Waals surface area contributed by atoms with Crippen LogP contribution in [0.5, 0.6) is 0 Å². The van der Waals surface area contributed by atoms with Crippen molar-refractivity contribution in [1.29, 1.82) is 0 Å². The lowest BCUT2D eigenvalue weighted by Crippen LogP contribution is -2.39. The van der Waals surface area contributed by atoms with Gasteiger partial charge in [0.05, 0.1) is 24.3 Å². The van der Waals surface area contributed by atoms with E-state index in [1.54, 1.807) is 4.90 Å². The van der Waals surface area contributed by atoms with Gasteiger partial charge in [0.15, 0.2) is 10.9 Å². The number of hydrogen-bond donors (Lipinski definition) is 0. The van der Waals surface area contributed by atoms with Gasteiger partial charge in [0, 0.05) is 32.2 Å². The molecular formula is C23H26ClF2N3O2S. The van der Waals surface area contributed by atoms with E-state index in [4.69, 9.17) is 4.74 Å². The van der Waals surface area contributed by atoms with Crippen LogP contribution in [0.1, 0.15) is 17.5 Å². The molecule has 5 nitrogen and oxygen atoms in total. The molecule has 1 fully saturated rings. The highest BCUT2D eigenvalue weighted by molar-refractivity contribution is 7.22. The molecule has 3 aromatic rings. The summed E-state index contributed by atoms with van der Waals surface area (Å²) in [5.74, 6) is -1.46. The number of aryl methyl sites for hydroxylation is 1. The summed E-state index contributed by atoms with van der Waals surface area (Å²) in [6.45, 7) is 6.49. The highest BCUT2D eigenvalue weighted by Gasteiger charge is 2.22. The highest BCUT2D eigenvalue weighted by atomic mass is 35.5. The standard InChI is InChI=1S/C23H25F2N3O2S.ClH/c1-16-4-2-5-17(12-16)13-21(29)28(7-3-6-27-8-10-30-11-9-27)23-26-22-19(25)14-18(24)15-20(22)31-23;/h2,4-5,12,14-15H,3,6-11,13H2,1H3;1H. The summed E-state index contributed by atoms with van der Waals surface area (Å²) in [4.78, 5) is 21.5. The Hall–Kier alpha value is -2.13. The minimum absolute atomic E-state index is 0. The summed E-state index contributed by atoms with van der Waals surface area (Å²) in [5.41, 5.74) is 2.10. The lowest BCUT2D eigenvalue weighted by atomic mass is 10.1. The van der Waals surface area contributed by atoms with Gasteiger partial charge in [-0.3, -0.25) is 14.6 Å². The van der Waals surface area contributed by atoms with Crippen molar-refractivity contribution in [2.75, 3.05) is 44.3 Å². The Labute approximate surface area is 196 Å². The fourth-order valence-corrected chi connectivity index (χ4v) is 4.81. The van der Waals surface area contributed by atoms with Gasteiger partial charge in [-0.25, -0.2) is 13.8 Å². The van der Waals surface area contributed by atoms with Gasteiger partial charge in [0.25, 0.3) is 0 Å². The SMILES string of the molecule is Cc1cccc(CC(=O)N(CCCN2CCOCC2)c2nc3c(F)cc(F)cc3s2)c1.Cl. The van der Waals surface area contributed by atoms with Crippen LogP contribution in [0, 0.1) is 18.6 Å². The molecule has 1 aliphatic rings. The highest BCUT2D eigenvalue weighted by Crippen LogP contribution is 2.31. The molecule has 2 aromatic carbocycles. The minimum Gasteiger partial charge on any atom is -0.379 e. The molecule has 0 aliphatic carbocycles. The first kappa shape index (κ1) is 24.5. The molecule has 0 spiro atoms. The van der Waals surface area contributed by atoms with Crippen LogP contribution in [0.2, 0.25) is 0 Å². The molecule has 1 amide bonds. The van der Waals surface area contributed by atoms with Crippen molar-refractivity contribution in [3.8, 4) is 0 Å². The van der Waals surface area contributed by atoms with Gasteiger partial charge in [-0.15, -0.1) is 12.4 Å². The number of fused-ring (bicyclic) bond motifs is 1. The Morgan fingerprint density at radius 2 is 2.00 bits per heavy atom. The molecule has 32 heavy (non-hydrogen) atoms. The van der Waals surface area contributed by atoms with Crippen molar-refractivity contribution in [1.82, 2.24) is 9.88 Å². The van der Waals surface area contributed by atoms with E-state index in [1.165, 1.54) is 6.07 Å². The molecule has 0 saturated carbocycles. The van der Waals surface area contributed by atoms with Crippen molar-refractivity contribution in [3.63, 3.8) is 0 Å². The summed E-state index contributed by atoms with van der Waals surface area (Å²) in [6, 6.07) is 9.90. The van der Waals surface area contributed by atoms with Crippen LogP contribution in [-0.2, 0) is 16.0 Å². The number of hydrogen-bond acceptors (Lipinski definition) is 5. The largest absolute Gasteiger partial charge is 0.379 e. The predicted octanol–water partition coefficient (Wildman–Crippen LogP) is 4.60. The zero-order valence-corrected chi connectivity index (χ0v) is 19.5. The van der Waals surface area contributed by atoms with E-state index >= 15 is 0 Å². The summed E-state index contributed by atoms with van der Waals surface area (Å²) >= 11 is 1.14. The van der Waals surface area contributed by atoms with Gasteiger partial charge in [0.2, 0.25) is 5.91 Å². The average Bonchev–Trinajstić information content (AvgIpc) is 3.16. The predicted molar refractivity (Wildman–Crippen MR) is 126 cm³/mol. The van der Waals surface area contributed by atoms with Crippen molar-refractivity contribution in [2.45, 2.75) is 19.8 Å². The number of carbonyl (C=O) groups is 1. The Balaban J connectivity index is 0.00000289. The molecule has 1 aliphatic heterocycles. The van der Waals surface area contributed by atoms with E-state index in [1.807, 2.05) is 31.2 Å². The number of aromatic nitrogens is 1. The van der Waals surface area contributed by atoms with Gasteiger partial charge in [-0.2, -0.15) is 0 Å². The Kier molecular flexibility index (Phi) is 8.53. The van der Waals surface area contributed by atoms with Gasteiger partial charge >= 0.3 is 0 Å². The molecule has 1 aromatic heterocycles. The van der Waals surface area contributed by atoms with Crippen LogP contribution in [0.15, 0.2) is 36.4 Å². The maximum absolute atomic E-state index is 14.2. The van der Waals surface area contributed by atoms with Crippen LogP contribution < -0.4 is 4.90 Å². The second-order valence-electron chi connectivity index (χ2n) is 7.75. The van der Waals surface area contributed by atoms with Crippen LogP contribution in [-0.4, -0.2) is 55.2 Å². The Morgan fingerprint density at radius 3 is 2.75 bits per heavy atom. The first-order chi connectivity index (χ1) is 15.0. The van der Waals surface area contributed by atoms with E-state index < -0.39 is 11.6 Å². The van der Waals surface area contributed by atoms with E-state index in [2.05, 4.69) is 9.88 Å². The van der Waals surface area contributed by atoms with E-state index in [0.717, 1.165) is 67.8 Å². The lowest BCUT2D eigenvalue weighted by molar-refractivity contribution is -0.118. The molecule has 0 N–H and O–H groups in total. The van der Waals surface area contributed by atoms with E-state index in [0.29, 0.717) is 16.4 Å². The number of nitrogens with zero attached hydrogens (tertiary/aromatic N) is 3. The summed E-state index contributed by atoms with van der Waals surface area (Å²) in [5, 5.41) is 0.402. The fraction of sp³-hybridized carbons (Fsp3) is 0.391. The zero-order valence-electron chi connectivity index (χ0n) is 17.9. The molecule has 0 bridgehead atoms. The van der Waals surface area contributed by atoms with Gasteiger partial charge in [-0.05, 0) is 25.0 Å². The zero-order chi connectivity index (χ0) is 21.8. The van der Waals surface area contributed by atoms with Crippen molar-refractivity contribution in [2.24, 2.45) is 0 Å². The molecule has 0 atom stereocenters. The quantitative estimate of drug-likeness (QED) is 0.494. The fourth-order valence-electron chi connectivity index (χ4n) is 3.76. The third kappa shape index (κ3) is 6.01. The van der Waals surface area contributed by atoms with Crippen LogP contribution in [0.3, 0.4) is 0 Å². The third-order valence-corrected chi connectivity index (χ3v) is 6.36. The molecule has 172 valence electrons. The van der Waals surface area contributed by atoms with Crippen LogP contribution in [0.25, 0.3) is 10.2 Å². The van der Waals surface area contributed by atoms with Gasteiger partial charge < -0.3 is 4.74 Å². The third-order valence-electron chi connectivity index (χ3n) is 5.33. The number of thiazole rings is 1. The van der Waals surface area contributed by atoms with Crippen molar-refractivity contribution in [3.05, 3.63) is 59.2 Å². The smallest absolute Gasteiger partial charge is 0.233 e. The number of carbonyl (C=O) groups excluding carboxylic acids is 1. The van der Waals surface area contributed by atoms with Gasteiger partial charge in [-0.1, -0.05) is 41.2 Å². The molecule has 0 radical (unpaired) electrons. The number of rotatable bonds is 7. The monoisotopic (exact) mass is 481 g/mol. The lowest BCUT2D eigenvalue weighted by Gasteiger charge is -2.27.